The third-order valence-corrected chi connectivity index (χ3v) is 3.24. The smallest absolute Gasteiger partial charge is 0.104 e. The predicted molar refractivity (Wildman–Crippen MR) is 63.9 cm³/mol. The first-order chi connectivity index (χ1) is 7.24. The number of nitrogens with zero attached hydrogens (tertiary/aromatic N) is 1. The number of halogens is 1. The third-order valence-electron chi connectivity index (χ3n) is 2.10. The third kappa shape index (κ3) is 1.70. The van der Waals surface area contributed by atoms with Gasteiger partial charge in [-0.2, -0.15) is 5.26 Å². The molecule has 2 N–H and O–H groups in total. The van der Waals surface area contributed by atoms with Crippen molar-refractivity contribution in [2.24, 2.45) is 0 Å². The van der Waals surface area contributed by atoms with E-state index in [-0.39, 0.29) is 0 Å². The van der Waals surface area contributed by atoms with Gasteiger partial charge in [-0.3, -0.25) is 0 Å². The molecule has 0 spiro atoms. The molecule has 2 aromatic rings. The molecule has 0 fully saturated rings. The second-order valence-electron chi connectivity index (χ2n) is 2.98. The monoisotopic (exact) mass is 234 g/mol. The van der Waals surface area contributed by atoms with Crippen LogP contribution in [0.3, 0.4) is 0 Å². The van der Waals surface area contributed by atoms with Crippen LogP contribution in [0.25, 0.3) is 11.1 Å². The van der Waals surface area contributed by atoms with Crippen LogP contribution < -0.4 is 5.73 Å². The van der Waals surface area contributed by atoms with E-state index in [1.807, 2.05) is 23.6 Å². The number of nitriles is 1. The second-order valence-corrected chi connectivity index (χ2v) is 4.30. The van der Waals surface area contributed by atoms with Crippen LogP contribution in [0.15, 0.2) is 29.6 Å². The van der Waals surface area contributed by atoms with Gasteiger partial charge in [-0.25, -0.2) is 0 Å². The molecule has 0 bridgehead atoms. The Hall–Kier alpha value is -1.50. The first-order valence-electron chi connectivity index (χ1n) is 4.26. The molecule has 0 aliphatic rings. The van der Waals surface area contributed by atoms with Crippen molar-refractivity contribution in [3.8, 4) is 17.2 Å². The van der Waals surface area contributed by atoms with Crippen LogP contribution in [0.4, 0.5) is 5.00 Å². The van der Waals surface area contributed by atoms with Gasteiger partial charge in [-0.15, -0.1) is 11.3 Å². The van der Waals surface area contributed by atoms with Crippen LogP contribution in [0.5, 0.6) is 0 Å². The van der Waals surface area contributed by atoms with Gasteiger partial charge >= 0.3 is 0 Å². The van der Waals surface area contributed by atoms with Crippen molar-refractivity contribution in [3.63, 3.8) is 0 Å². The van der Waals surface area contributed by atoms with Crippen LogP contribution in [-0.4, -0.2) is 0 Å². The van der Waals surface area contributed by atoms with E-state index < -0.39 is 0 Å². The summed E-state index contributed by atoms with van der Waals surface area (Å²) in [6, 6.07) is 9.51. The highest BCUT2D eigenvalue weighted by molar-refractivity contribution is 7.14. The van der Waals surface area contributed by atoms with Gasteiger partial charge in [0, 0.05) is 21.5 Å². The van der Waals surface area contributed by atoms with Gasteiger partial charge in [0.2, 0.25) is 0 Å². The average molecular weight is 235 g/mol. The summed E-state index contributed by atoms with van der Waals surface area (Å²) < 4.78 is 0. The van der Waals surface area contributed by atoms with Gasteiger partial charge < -0.3 is 5.73 Å². The normalized spacial score (nSPS) is 9.87. The molecule has 0 saturated heterocycles. The molecule has 0 atom stereocenters. The predicted octanol–water partition coefficient (Wildman–Crippen LogP) is 3.52. The van der Waals surface area contributed by atoms with E-state index in [9.17, 15) is 0 Å². The van der Waals surface area contributed by atoms with E-state index >= 15 is 0 Å². The number of hydrogen-bond donors (Lipinski definition) is 1. The summed E-state index contributed by atoms with van der Waals surface area (Å²) in [4.78, 5) is 0. The van der Waals surface area contributed by atoms with E-state index in [0.29, 0.717) is 15.6 Å². The highest BCUT2D eigenvalue weighted by atomic mass is 35.5. The molecular weight excluding hydrogens is 228 g/mol. The van der Waals surface area contributed by atoms with Crippen LogP contribution >= 0.6 is 22.9 Å². The summed E-state index contributed by atoms with van der Waals surface area (Å²) in [5, 5.41) is 12.0. The molecule has 0 radical (unpaired) electrons. The Bertz CT molecular complexity index is 540. The van der Waals surface area contributed by atoms with Gasteiger partial charge in [-0.05, 0) is 6.07 Å². The number of nitrogens with two attached hydrogens (primary N) is 1. The second kappa shape index (κ2) is 3.93. The summed E-state index contributed by atoms with van der Waals surface area (Å²) in [5.74, 6) is 0. The lowest BCUT2D eigenvalue weighted by Gasteiger charge is -2.01. The van der Waals surface area contributed by atoms with Gasteiger partial charge in [0.05, 0.1) is 5.56 Å². The number of benzene rings is 1. The molecule has 4 heteroatoms. The lowest BCUT2D eigenvalue weighted by Crippen LogP contribution is -1.85. The summed E-state index contributed by atoms with van der Waals surface area (Å²) in [5.41, 5.74) is 7.86. The number of anilines is 1. The zero-order valence-electron chi connectivity index (χ0n) is 7.70. The van der Waals surface area contributed by atoms with E-state index in [0.717, 1.165) is 11.1 Å². The topological polar surface area (TPSA) is 49.8 Å². The van der Waals surface area contributed by atoms with Crippen LogP contribution in [-0.2, 0) is 0 Å². The molecule has 0 aliphatic carbocycles. The number of hydrogen-bond acceptors (Lipinski definition) is 3. The largest absolute Gasteiger partial charge is 0.389 e. The fourth-order valence-electron chi connectivity index (χ4n) is 1.37. The van der Waals surface area contributed by atoms with Gasteiger partial charge in [0.15, 0.2) is 0 Å². The first kappa shape index (κ1) is 10.0. The highest BCUT2D eigenvalue weighted by Crippen LogP contribution is 2.36. The zero-order valence-corrected chi connectivity index (χ0v) is 9.27. The fourth-order valence-corrected chi connectivity index (χ4v) is 2.37. The molecule has 74 valence electrons. The van der Waals surface area contributed by atoms with Crippen LogP contribution in [0.1, 0.15) is 5.56 Å². The number of rotatable bonds is 1. The van der Waals surface area contributed by atoms with E-state index in [1.54, 1.807) is 6.07 Å². The quantitative estimate of drug-likeness (QED) is 0.821. The van der Waals surface area contributed by atoms with Crippen LogP contribution in [0, 0.1) is 11.3 Å². The molecule has 1 aromatic heterocycles. The lowest BCUT2D eigenvalue weighted by atomic mass is 10.1. The minimum atomic E-state index is 0.508. The maximum atomic E-state index is 8.97. The highest BCUT2D eigenvalue weighted by Gasteiger charge is 2.12. The maximum absolute atomic E-state index is 8.97. The van der Waals surface area contributed by atoms with E-state index in [2.05, 4.69) is 6.07 Å². The minimum absolute atomic E-state index is 0.508. The Kier molecular flexibility index (Phi) is 2.63. The van der Waals surface area contributed by atoms with Crippen molar-refractivity contribution >= 4 is 27.9 Å². The van der Waals surface area contributed by atoms with Crippen LogP contribution in [0.2, 0.25) is 5.02 Å². The summed E-state index contributed by atoms with van der Waals surface area (Å²) in [6.07, 6.45) is 0. The molecular formula is C11H7ClN2S. The molecule has 0 amide bonds. The molecule has 0 unspecified atom stereocenters. The Morgan fingerprint density at radius 3 is 2.67 bits per heavy atom. The summed E-state index contributed by atoms with van der Waals surface area (Å²) in [7, 11) is 0. The Morgan fingerprint density at radius 2 is 2.00 bits per heavy atom. The average Bonchev–Trinajstić information content (AvgIpc) is 2.60. The Labute approximate surface area is 96.5 Å². The van der Waals surface area contributed by atoms with Crippen molar-refractivity contribution in [1.29, 1.82) is 5.26 Å². The molecule has 15 heavy (non-hydrogen) atoms. The SMILES string of the molecule is N#Cc1c(-c2ccccc2Cl)csc1N. The van der Waals surface area contributed by atoms with Crippen molar-refractivity contribution < 1.29 is 0 Å². The van der Waals surface area contributed by atoms with Crippen molar-refractivity contribution in [3.05, 3.63) is 40.2 Å². The van der Waals surface area contributed by atoms with Crippen molar-refractivity contribution in [2.45, 2.75) is 0 Å². The number of nitrogen functional groups attached to an aromatic ring is 1. The molecule has 2 rings (SSSR count). The zero-order chi connectivity index (χ0) is 10.8. The van der Waals surface area contributed by atoms with E-state index in [1.165, 1.54) is 11.3 Å². The number of thiophene rings is 1. The summed E-state index contributed by atoms with van der Waals surface area (Å²) in [6.45, 7) is 0. The maximum Gasteiger partial charge on any atom is 0.104 e. The molecule has 1 aromatic carbocycles. The summed E-state index contributed by atoms with van der Waals surface area (Å²) >= 11 is 7.41. The van der Waals surface area contributed by atoms with Crippen molar-refractivity contribution in [2.75, 3.05) is 5.73 Å². The van der Waals surface area contributed by atoms with Crippen molar-refractivity contribution in [1.82, 2.24) is 0 Å². The van der Waals surface area contributed by atoms with Gasteiger partial charge in [0.25, 0.3) is 0 Å². The lowest BCUT2D eigenvalue weighted by molar-refractivity contribution is 1.50. The molecule has 1 heterocycles. The van der Waals surface area contributed by atoms with Gasteiger partial charge in [0.1, 0.15) is 11.1 Å². The minimum Gasteiger partial charge on any atom is -0.389 e. The Morgan fingerprint density at radius 1 is 1.27 bits per heavy atom. The molecule has 0 aliphatic heterocycles. The first-order valence-corrected chi connectivity index (χ1v) is 5.51. The van der Waals surface area contributed by atoms with E-state index in [4.69, 9.17) is 22.6 Å². The standard InChI is InChI=1S/C11H7ClN2S/c12-10-4-2-1-3-7(10)9-6-15-11(14)8(9)5-13/h1-4,6H,14H2. The molecule has 2 nitrogen and oxygen atoms in total. The molecule has 0 saturated carbocycles. The Balaban J connectivity index is 2.66. The van der Waals surface area contributed by atoms with Gasteiger partial charge in [-0.1, -0.05) is 29.8 Å². The fraction of sp³-hybridized carbons (Fsp3) is 0.